The number of aryl methyl sites for hydroxylation is 1. The van der Waals surface area contributed by atoms with Crippen molar-refractivity contribution in [1.29, 1.82) is 0 Å². The van der Waals surface area contributed by atoms with E-state index < -0.39 is 0 Å². The molecule has 0 aliphatic heterocycles. The summed E-state index contributed by atoms with van der Waals surface area (Å²) in [5.41, 5.74) is 3.64. The van der Waals surface area contributed by atoms with Crippen molar-refractivity contribution in [3.05, 3.63) is 71.0 Å². The first-order chi connectivity index (χ1) is 11.6. The molecule has 1 unspecified atom stereocenters. The van der Waals surface area contributed by atoms with Crippen molar-refractivity contribution < 1.29 is 9.18 Å². The fourth-order valence-electron chi connectivity index (χ4n) is 3.38. The number of fused-ring (bicyclic) bond motifs is 1. The molecule has 0 saturated heterocycles. The van der Waals surface area contributed by atoms with Crippen molar-refractivity contribution >= 4 is 5.91 Å². The van der Waals surface area contributed by atoms with E-state index in [1.807, 2.05) is 7.05 Å². The predicted octanol–water partition coefficient (Wildman–Crippen LogP) is 3.45. The van der Waals surface area contributed by atoms with Gasteiger partial charge in [0.2, 0.25) is 5.91 Å². The standard InChI is InChI=1S/C20H23FN2O/c1-23(19-8-4-6-16-5-2-3-7-18(16)19)14-20(24)22-13-15-9-11-17(21)12-10-15/h2-3,5,7,9-12,19H,4,6,8,13-14H2,1H3,(H,22,24). The van der Waals surface area contributed by atoms with Crippen molar-refractivity contribution in [1.82, 2.24) is 10.2 Å². The summed E-state index contributed by atoms with van der Waals surface area (Å²) in [4.78, 5) is 14.3. The van der Waals surface area contributed by atoms with Crippen LogP contribution in [0.3, 0.4) is 0 Å². The van der Waals surface area contributed by atoms with Gasteiger partial charge in [0, 0.05) is 12.6 Å². The fourth-order valence-corrected chi connectivity index (χ4v) is 3.38. The molecule has 1 aliphatic rings. The van der Waals surface area contributed by atoms with Gasteiger partial charge in [0.25, 0.3) is 0 Å². The highest BCUT2D eigenvalue weighted by Crippen LogP contribution is 2.33. The fraction of sp³-hybridized carbons (Fsp3) is 0.350. The molecule has 126 valence electrons. The molecule has 0 aromatic heterocycles. The second kappa shape index (κ2) is 7.58. The number of hydrogen-bond acceptors (Lipinski definition) is 2. The smallest absolute Gasteiger partial charge is 0.234 e. The first-order valence-corrected chi connectivity index (χ1v) is 8.42. The van der Waals surface area contributed by atoms with Crippen LogP contribution in [0.1, 0.15) is 35.6 Å². The Bertz CT molecular complexity index is 699. The van der Waals surface area contributed by atoms with Gasteiger partial charge >= 0.3 is 0 Å². The van der Waals surface area contributed by atoms with Crippen LogP contribution in [-0.2, 0) is 17.8 Å². The van der Waals surface area contributed by atoms with E-state index >= 15 is 0 Å². The van der Waals surface area contributed by atoms with Crippen LogP contribution in [0.2, 0.25) is 0 Å². The van der Waals surface area contributed by atoms with Gasteiger partial charge in [-0.3, -0.25) is 9.69 Å². The Balaban J connectivity index is 1.56. The number of halogens is 1. The zero-order chi connectivity index (χ0) is 16.9. The molecular formula is C20H23FN2O. The van der Waals surface area contributed by atoms with Crippen molar-refractivity contribution in [2.45, 2.75) is 31.8 Å². The molecule has 1 aliphatic carbocycles. The zero-order valence-corrected chi connectivity index (χ0v) is 14.0. The van der Waals surface area contributed by atoms with Crippen LogP contribution >= 0.6 is 0 Å². The predicted molar refractivity (Wildman–Crippen MR) is 93.0 cm³/mol. The van der Waals surface area contributed by atoms with E-state index in [4.69, 9.17) is 0 Å². The number of nitrogens with one attached hydrogen (secondary N) is 1. The number of carbonyl (C=O) groups is 1. The third-order valence-electron chi connectivity index (χ3n) is 4.67. The Hall–Kier alpha value is -2.20. The summed E-state index contributed by atoms with van der Waals surface area (Å²) >= 11 is 0. The number of rotatable bonds is 5. The molecular weight excluding hydrogens is 303 g/mol. The van der Waals surface area contributed by atoms with Crippen LogP contribution in [0.4, 0.5) is 4.39 Å². The average molecular weight is 326 g/mol. The van der Waals surface area contributed by atoms with Gasteiger partial charge in [0.05, 0.1) is 6.54 Å². The summed E-state index contributed by atoms with van der Waals surface area (Å²) in [7, 11) is 2.00. The lowest BCUT2D eigenvalue weighted by Gasteiger charge is -2.32. The maximum Gasteiger partial charge on any atom is 0.234 e. The molecule has 2 aromatic rings. The molecule has 3 nitrogen and oxygen atoms in total. The minimum Gasteiger partial charge on any atom is -0.351 e. The van der Waals surface area contributed by atoms with Crippen molar-refractivity contribution in [2.24, 2.45) is 0 Å². The lowest BCUT2D eigenvalue weighted by atomic mass is 9.87. The van der Waals surface area contributed by atoms with Gasteiger partial charge in [-0.2, -0.15) is 0 Å². The second-order valence-corrected chi connectivity index (χ2v) is 6.43. The first-order valence-electron chi connectivity index (χ1n) is 8.42. The van der Waals surface area contributed by atoms with Crippen LogP contribution in [0.15, 0.2) is 48.5 Å². The maximum atomic E-state index is 12.9. The summed E-state index contributed by atoms with van der Waals surface area (Å²) in [5, 5.41) is 2.91. The number of amides is 1. The van der Waals surface area contributed by atoms with Crippen LogP contribution < -0.4 is 5.32 Å². The molecule has 0 saturated carbocycles. The Morgan fingerprint density at radius 3 is 2.75 bits per heavy atom. The zero-order valence-electron chi connectivity index (χ0n) is 14.0. The molecule has 1 amide bonds. The summed E-state index contributed by atoms with van der Waals surface area (Å²) in [6.07, 6.45) is 3.36. The third-order valence-corrected chi connectivity index (χ3v) is 4.67. The van der Waals surface area contributed by atoms with E-state index in [2.05, 4.69) is 34.5 Å². The first kappa shape index (κ1) is 16.7. The van der Waals surface area contributed by atoms with Gasteiger partial charge in [0.1, 0.15) is 5.82 Å². The van der Waals surface area contributed by atoms with E-state index in [0.29, 0.717) is 19.1 Å². The van der Waals surface area contributed by atoms with Crippen molar-refractivity contribution in [2.75, 3.05) is 13.6 Å². The molecule has 0 fully saturated rings. The highest BCUT2D eigenvalue weighted by molar-refractivity contribution is 5.78. The molecule has 1 N–H and O–H groups in total. The summed E-state index contributed by atoms with van der Waals surface area (Å²) in [5.74, 6) is -0.273. The third kappa shape index (κ3) is 4.01. The summed E-state index contributed by atoms with van der Waals surface area (Å²) in [6.45, 7) is 0.786. The van der Waals surface area contributed by atoms with Gasteiger partial charge in [0.15, 0.2) is 0 Å². The number of hydrogen-bond donors (Lipinski definition) is 1. The number of nitrogens with zero attached hydrogens (tertiary/aromatic N) is 1. The van der Waals surface area contributed by atoms with Crippen LogP contribution in [0.25, 0.3) is 0 Å². The van der Waals surface area contributed by atoms with E-state index in [9.17, 15) is 9.18 Å². The Morgan fingerprint density at radius 1 is 1.21 bits per heavy atom. The van der Waals surface area contributed by atoms with E-state index in [0.717, 1.165) is 24.8 Å². The van der Waals surface area contributed by atoms with Crippen LogP contribution in [-0.4, -0.2) is 24.4 Å². The molecule has 0 bridgehead atoms. The Labute approximate surface area is 142 Å². The number of carbonyl (C=O) groups excluding carboxylic acids is 1. The Kier molecular flexibility index (Phi) is 5.26. The van der Waals surface area contributed by atoms with Gasteiger partial charge in [-0.05, 0) is 55.1 Å². The normalized spacial score (nSPS) is 16.7. The minimum absolute atomic E-state index is 0.00937. The van der Waals surface area contributed by atoms with E-state index in [-0.39, 0.29) is 11.7 Å². The number of benzene rings is 2. The van der Waals surface area contributed by atoms with Gasteiger partial charge in [-0.25, -0.2) is 4.39 Å². The highest BCUT2D eigenvalue weighted by Gasteiger charge is 2.24. The van der Waals surface area contributed by atoms with Crippen LogP contribution in [0, 0.1) is 5.82 Å². The average Bonchev–Trinajstić information content (AvgIpc) is 2.60. The van der Waals surface area contributed by atoms with Crippen molar-refractivity contribution in [3.63, 3.8) is 0 Å². The van der Waals surface area contributed by atoms with E-state index in [1.165, 1.54) is 23.3 Å². The topological polar surface area (TPSA) is 32.3 Å². The Morgan fingerprint density at radius 2 is 1.96 bits per heavy atom. The molecule has 24 heavy (non-hydrogen) atoms. The minimum atomic E-state index is -0.263. The van der Waals surface area contributed by atoms with Gasteiger partial charge in [-0.15, -0.1) is 0 Å². The quantitative estimate of drug-likeness (QED) is 0.913. The SMILES string of the molecule is CN(CC(=O)NCc1ccc(F)cc1)C1CCCc2ccccc21. The highest BCUT2D eigenvalue weighted by atomic mass is 19.1. The van der Waals surface area contributed by atoms with Gasteiger partial charge in [-0.1, -0.05) is 36.4 Å². The monoisotopic (exact) mass is 326 g/mol. The lowest BCUT2D eigenvalue weighted by Crippen LogP contribution is -2.37. The molecule has 0 heterocycles. The lowest BCUT2D eigenvalue weighted by molar-refractivity contribution is -0.122. The second-order valence-electron chi connectivity index (χ2n) is 6.43. The molecule has 2 aromatic carbocycles. The summed E-state index contributed by atoms with van der Waals surface area (Å²) in [6, 6.07) is 15.0. The largest absolute Gasteiger partial charge is 0.351 e. The van der Waals surface area contributed by atoms with Crippen LogP contribution in [0.5, 0.6) is 0 Å². The molecule has 0 radical (unpaired) electrons. The molecule has 0 spiro atoms. The van der Waals surface area contributed by atoms with Crippen molar-refractivity contribution in [3.8, 4) is 0 Å². The number of likely N-dealkylation sites (N-methyl/N-ethyl adjacent to an activating group) is 1. The molecule has 4 heteroatoms. The summed E-state index contributed by atoms with van der Waals surface area (Å²) < 4.78 is 12.9. The molecule has 3 rings (SSSR count). The van der Waals surface area contributed by atoms with Gasteiger partial charge < -0.3 is 5.32 Å². The maximum absolute atomic E-state index is 12.9. The molecule has 1 atom stereocenters. The van der Waals surface area contributed by atoms with E-state index in [1.54, 1.807) is 12.1 Å².